The van der Waals surface area contributed by atoms with Crippen molar-refractivity contribution in [3.63, 3.8) is 0 Å². The van der Waals surface area contributed by atoms with Crippen molar-refractivity contribution in [1.82, 2.24) is 4.90 Å². The van der Waals surface area contributed by atoms with Crippen LogP contribution in [0.15, 0.2) is 23.3 Å². The molecular formula is C12H13NO3. The number of β-amino-alcohol motifs (C(OH)–C–C–N with tert-alkyl or cyclic N) is 1. The van der Waals surface area contributed by atoms with Crippen LogP contribution in [0, 0.1) is 12.3 Å². The van der Waals surface area contributed by atoms with Crippen LogP contribution < -0.4 is 0 Å². The molecule has 1 aliphatic rings. The van der Waals surface area contributed by atoms with Crippen LogP contribution in [0.5, 0.6) is 0 Å². The molecule has 1 atom stereocenters. The van der Waals surface area contributed by atoms with Crippen molar-refractivity contribution in [2.75, 3.05) is 6.54 Å². The Bertz CT molecular complexity index is 424. The molecule has 1 aliphatic heterocycles. The Kier molecular flexibility index (Phi) is 3.64. The summed E-state index contributed by atoms with van der Waals surface area (Å²) in [5.74, 6) is 1.26. The predicted octanol–water partition coefficient (Wildman–Crippen LogP) is 0.242. The molecule has 1 heterocycles. The molecule has 4 heteroatoms. The van der Waals surface area contributed by atoms with Gasteiger partial charge in [0.15, 0.2) is 0 Å². The second-order valence-corrected chi connectivity index (χ2v) is 3.50. The van der Waals surface area contributed by atoms with Gasteiger partial charge in [0.1, 0.15) is 5.57 Å². The summed E-state index contributed by atoms with van der Waals surface area (Å²) in [6.45, 7) is 3.20. The van der Waals surface area contributed by atoms with Gasteiger partial charge in [-0.05, 0) is 13.8 Å². The van der Waals surface area contributed by atoms with E-state index in [0.717, 1.165) is 4.90 Å². The number of hydrogen-bond acceptors (Lipinski definition) is 3. The second-order valence-electron chi connectivity index (χ2n) is 3.50. The van der Waals surface area contributed by atoms with E-state index in [-0.39, 0.29) is 17.7 Å². The molecule has 2 amide bonds. The minimum Gasteiger partial charge on any atom is -0.392 e. The number of aliphatic hydroxyl groups is 1. The smallest absolute Gasteiger partial charge is 0.270 e. The van der Waals surface area contributed by atoms with E-state index in [0.29, 0.717) is 0 Å². The first-order valence-corrected chi connectivity index (χ1v) is 4.90. The Morgan fingerprint density at radius 1 is 1.50 bits per heavy atom. The fourth-order valence-corrected chi connectivity index (χ4v) is 1.49. The fraction of sp³-hybridized carbons (Fsp3) is 0.333. The average molecular weight is 219 g/mol. The van der Waals surface area contributed by atoms with Crippen molar-refractivity contribution in [2.45, 2.75) is 20.0 Å². The lowest BCUT2D eigenvalue weighted by molar-refractivity contribution is -0.138. The maximum Gasteiger partial charge on any atom is 0.270 e. The summed E-state index contributed by atoms with van der Waals surface area (Å²) in [6.07, 6.45) is 7.58. The number of hydrogen-bond donors (Lipinski definition) is 1. The summed E-state index contributed by atoms with van der Waals surface area (Å²) >= 11 is 0. The van der Waals surface area contributed by atoms with E-state index in [1.165, 1.54) is 13.0 Å². The molecule has 16 heavy (non-hydrogen) atoms. The fourth-order valence-electron chi connectivity index (χ4n) is 1.49. The molecule has 0 aromatic rings. The van der Waals surface area contributed by atoms with Gasteiger partial charge in [-0.3, -0.25) is 14.5 Å². The van der Waals surface area contributed by atoms with Gasteiger partial charge in [-0.2, -0.15) is 0 Å². The van der Waals surface area contributed by atoms with Gasteiger partial charge in [0.2, 0.25) is 0 Å². The summed E-state index contributed by atoms with van der Waals surface area (Å²) in [5, 5.41) is 9.19. The van der Waals surface area contributed by atoms with Gasteiger partial charge < -0.3 is 5.11 Å². The highest BCUT2D eigenvalue weighted by Crippen LogP contribution is 2.21. The number of terminal acetylenes is 1. The number of allylic oxidation sites excluding steroid dienone is 1. The van der Waals surface area contributed by atoms with Crippen LogP contribution >= 0.6 is 0 Å². The van der Waals surface area contributed by atoms with E-state index in [9.17, 15) is 14.7 Å². The molecule has 0 fully saturated rings. The molecule has 0 aromatic carbocycles. The van der Waals surface area contributed by atoms with E-state index in [2.05, 4.69) is 5.92 Å². The Balaban J connectivity index is 3.09. The van der Waals surface area contributed by atoms with Crippen LogP contribution in [0.4, 0.5) is 0 Å². The quantitative estimate of drug-likeness (QED) is 0.546. The topological polar surface area (TPSA) is 57.6 Å². The number of amides is 2. The Labute approximate surface area is 94.2 Å². The molecule has 0 saturated heterocycles. The summed E-state index contributed by atoms with van der Waals surface area (Å²) in [6, 6.07) is 0. The third-order valence-corrected chi connectivity index (χ3v) is 2.13. The lowest BCUT2D eigenvalue weighted by Gasteiger charge is -2.15. The molecule has 0 aromatic heterocycles. The summed E-state index contributed by atoms with van der Waals surface area (Å²) in [5.41, 5.74) is 0.277. The summed E-state index contributed by atoms with van der Waals surface area (Å²) in [4.78, 5) is 24.5. The minimum absolute atomic E-state index is 0.0378. The normalized spacial score (nSPS) is 18.5. The third kappa shape index (κ3) is 2.05. The van der Waals surface area contributed by atoms with Crippen LogP contribution in [0.3, 0.4) is 0 Å². The van der Waals surface area contributed by atoms with Gasteiger partial charge >= 0.3 is 0 Å². The first-order valence-electron chi connectivity index (χ1n) is 4.90. The SMILES string of the molecule is C#CC1=C(/C=C\C)C(=O)N(CC(C)O)C1=O. The number of aliphatic hydroxyl groups excluding tert-OH is 1. The van der Waals surface area contributed by atoms with E-state index in [4.69, 9.17) is 6.42 Å². The summed E-state index contributed by atoms with van der Waals surface area (Å²) in [7, 11) is 0. The van der Waals surface area contributed by atoms with Crippen LogP contribution in [-0.2, 0) is 9.59 Å². The zero-order chi connectivity index (χ0) is 12.3. The highest BCUT2D eigenvalue weighted by atomic mass is 16.3. The minimum atomic E-state index is -0.767. The standard InChI is InChI=1S/C12H13NO3/c1-4-6-10-9(5-2)11(15)13(12(10)16)7-8(3)14/h2,4,6,8,14H,7H2,1,3H3/b6-4-. The molecule has 1 rings (SSSR count). The summed E-state index contributed by atoms with van der Waals surface area (Å²) < 4.78 is 0. The third-order valence-electron chi connectivity index (χ3n) is 2.13. The van der Waals surface area contributed by atoms with Crippen molar-refractivity contribution in [2.24, 2.45) is 0 Å². The Morgan fingerprint density at radius 2 is 2.12 bits per heavy atom. The lowest BCUT2D eigenvalue weighted by Crippen LogP contribution is -2.37. The molecule has 0 saturated carbocycles. The van der Waals surface area contributed by atoms with Crippen LogP contribution in [-0.4, -0.2) is 34.5 Å². The van der Waals surface area contributed by atoms with Crippen molar-refractivity contribution in [3.05, 3.63) is 23.3 Å². The number of imide groups is 1. The molecule has 84 valence electrons. The molecule has 0 aliphatic carbocycles. The van der Waals surface area contributed by atoms with E-state index in [1.54, 1.807) is 13.0 Å². The Hall–Kier alpha value is -1.86. The maximum atomic E-state index is 11.8. The monoisotopic (exact) mass is 219 g/mol. The lowest BCUT2D eigenvalue weighted by atomic mass is 10.1. The van der Waals surface area contributed by atoms with Gasteiger partial charge in [0.05, 0.1) is 18.2 Å². The highest BCUT2D eigenvalue weighted by Gasteiger charge is 2.36. The molecule has 0 radical (unpaired) electrons. The molecule has 1 unspecified atom stereocenters. The molecular weight excluding hydrogens is 206 g/mol. The second kappa shape index (κ2) is 4.77. The van der Waals surface area contributed by atoms with Crippen molar-refractivity contribution < 1.29 is 14.7 Å². The van der Waals surface area contributed by atoms with Gasteiger partial charge in [-0.25, -0.2) is 0 Å². The predicted molar refractivity (Wildman–Crippen MR) is 59.1 cm³/mol. The first-order chi connectivity index (χ1) is 7.52. The van der Waals surface area contributed by atoms with Crippen molar-refractivity contribution in [1.29, 1.82) is 0 Å². The Morgan fingerprint density at radius 3 is 2.56 bits per heavy atom. The number of rotatable bonds is 3. The van der Waals surface area contributed by atoms with Crippen molar-refractivity contribution >= 4 is 11.8 Å². The number of carbonyl (C=O) groups is 2. The largest absolute Gasteiger partial charge is 0.392 e. The molecule has 1 N–H and O–H groups in total. The average Bonchev–Trinajstić information content (AvgIpc) is 2.43. The first kappa shape index (κ1) is 12.2. The zero-order valence-electron chi connectivity index (χ0n) is 9.23. The van der Waals surface area contributed by atoms with Crippen molar-refractivity contribution in [3.8, 4) is 12.3 Å². The van der Waals surface area contributed by atoms with E-state index in [1.807, 2.05) is 0 Å². The zero-order valence-corrected chi connectivity index (χ0v) is 9.23. The molecule has 0 spiro atoms. The molecule has 0 bridgehead atoms. The van der Waals surface area contributed by atoms with Gasteiger partial charge in [-0.1, -0.05) is 18.1 Å². The van der Waals surface area contributed by atoms with Gasteiger partial charge in [0.25, 0.3) is 11.8 Å². The van der Waals surface area contributed by atoms with Crippen LogP contribution in [0.25, 0.3) is 0 Å². The van der Waals surface area contributed by atoms with E-state index >= 15 is 0 Å². The van der Waals surface area contributed by atoms with E-state index < -0.39 is 17.9 Å². The maximum absolute atomic E-state index is 11.8. The number of carbonyl (C=O) groups excluding carboxylic acids is 2. The number of nitrogens with zero attached hydrogens (tertiary/aromatic N) is 1. The highest BCUT2D eigenvalue weighted by molar-refractivity contribution is 6.22. The van der Waals surface area contributed by atoms with Crippen LogP contribution in [0.2, 0.25) is 0 Å². The van der Waals surface area contributed by atoms with Gasteiger partial charge in [-0.15, -0.1) is 6.42 Å². The van der Waals surface area contributed by atoms with Crippen LogP contribution in [0.1, 0.15) is 13.8 Å². The molecule has 4 nitrogen and oxygen atoms in total. The van der Waals surface area contributed by atoms with Gasteiger partial charge in [0, 0.05) is 0 Å².